The molecule has 16 heavy (non-hydrogen) atoms. The summed E-state index contributed by atoms with van der Waals surface area (Å²) in [5.74, 6) is 1.23. The molecule has 0 aliphatic rings. The first-order valence-electron chi connectivity index (χ1n) is 5.45. The monoisotopic (exact) mass is 218 g/mol. The van der Waals surface area contributed by atoms with E-state index in [1.807, 2.05) is 0 Å². The molecule has 0 amide bonds. The molecule has 1 rings (SSSR count). The van der Waals surface area contributed by atoms with E-state index in [1.165, 1.54) is 0 Å². The van der Waals surface area contributed by atoms with Crippen LogP contribution in [0.1, 0.15) is 32.8 Å². The van der Waals surface area contributed by atoms with Gasteiger partial charge in [-0.15, -0.1) is 0 Å². The second-order valence-electron chi connectivity index (χ2n) is 4.45. The normalized spacial score (nSPS) is 12.2. The van der Waals surface area contributed by atoms with Gasteiger partial charge in [0.15, 0.2) is 0 Å². The molecule has 86 valence electrons. The van der Waals surface area contributed by atoms with E-state index in [2.05, 4.69) is 37.1 Å². The fourth-order valence-electron chi connectivity index (χ4n) is 1.68. The quantitative estimate of drug-likeness (QED) is 0.813. The molecule has 1 aromatic rings. The van der Waals surface area contributed by atoms with Gasteiger partial charge >= 0.3 is 0 Å². The third kappa shape index (κ3) is 3.43. The van der Waals surface area contributed by atoms with Crippen molar-refractivity contribution in [1.82, 2.24) is 4.98 Å². The van der Waals surface area contributed by atoms with E-state index < -0.39 is 0 Å². The van der Waals surface area contributed by atoms with Crippen LogP contribution in [0.25, 0.3) is 0 Å². The predicted molar refractivity (Wildman–Crippen MR) is 65.9 cm³/mol. The smallest absolute Gasteiger partial charge is 0.144 e. The Hall–Kier alpha value is -1.76. The lowest BCUT2D eigenvalue weighted by Gasteiger charge is -2.17. The van der Waals surface area contributed by atoms with Crippen LogP contribution in [0.2, 0.25) is 0 Å². The number of nitrogen functional groups attached to an aromatic ring is 1. The Morgan fingerprint density at radius 2 is 2.19 bits per heavy atom. The van der Waals surface area contributed by atoms with E-state index in [-0.39, 0.29) is 0 Å². The molecule has 1 aromatic heterocycles. The number of nitrogens with zero attached hydrogens (tertiary/aromatic N) is 2. The highest BCUT2D eigenvalue weighted by atomic mass is 15.0. The van der Waals surface area contributed by atoms with Gasteiger partial charge in [0.05, 0.1) is 17.4 Å². The SMILES string of the molecule is CC(C)CC(C)Nc1ncc(N)cc1C#N. The highest BCUT2D eigenvalue weighted by Gasteiger charge is 2.09. The third-order valence-electron chi connectivity index (χ3n) is 2.24. The predicted octanol–water partition coefficient (Wildman–Crippen LogP) is 2.38. The topological polar surface area (TPSA) is 74.7 Å². The summed E-state index contributed by atoms with van der Waals surface area (Å²) in [6.07, 6.45) is 2.60. The van der Waals surface area contributed by atoms with Crippen LogP contribution in [0.15, 0.2) is 12.3 Å². The van der Waals surface area contributed by atoms with E-state index in [9.17, 15) is 0 Å². The zero-order valence-electron chi connectivity index (χ0n) is 9.99. The maximum Gasteiger partial charge on any atom is 0.144 e. The van der Waals surface area contributed by atoms with Crippen molar-refractivity contribution in [2.24, 2.45) is 5.92 Å². The molecule has 0 bridgehead atoms. The van der Waals surface area contributed by atoms with Gasteiger partial charge in [-0.1, -0.05) is 13.8 Å². The average Bonchev–Trinajstić information content (AvgIpc) is 2.19. The van der Waals surface area contributed by atoms with Crippen LogP contribution in [0, 0.1) is 17.2 Å². The molecule has 1 unspecified atom stereocenters. The van der Waals surface area contributed by atoms with Crippen molar-refractivity contribution in [3.8, 4) is 6.07 Å². The number of hydrogen-bond acceptors (Lipinski definition) is 4. The Balaban J connectivity index is 2.77. The first-order valence-corrected chi connectivity index (χ1v) is 5.45. The summed E-state index contributed by atoms with van der Waals surface area (Å²) in [5.41, 5.74) is 6.58. The van der Waals surface area contributed by atoms with Crippen LogP contribution < -0.4 is 11.1 Å². The summed E-state index contributed by atoms with van der Waals surface area (Å²) in [4.78, 5) is 4.14. The molecule has 0 spiro atoms. The van der Waals surface area contributed by atoms with Crippen LogP contribution in [-0.4, -0.2) is 11.0 Å². The Morgan fingerprint density at radius 1 is 1.50 bits per heavy atom. The van der Waals surface area contributed by atoms with Crippen LogP contribution in [0.5, 0.6) is 0 Å². The van der Waals surface area contributed by atoms with E-state index in [0.29, 0.717) is 29.0 Å². The van der Waals surface area contributed by atoms with Gasteiger partial charge in [-0.3, -0.25) is 0 Å². The van der Waals surface area contributed by atoms with Crippen molar-refractivity contribution in [3.05, 3.63) is 17.8 Å². The van der Waals surface area contributed by atoms with Crippen molar-refractivity contribution in [2.75, 3.05) is 11.1 Å². The van der Waals surface area contributed by atoms with E-state index >= 15 is 0 Å². The first-order chi connectivity index (χ1) is 7.52. The fraction of sp³-hybridized carbons (Fsp3) is 0.500. The molecule has 0 radical (unpaired) electrons. The van der Waals surface area contributed by atoms with Crippen molar-refractivity contribution >= 4 is 11.5 Å². The Morgan fingerprint density at radius 3 is 2.75 bits per heavy atom. The minimum Gasteiger partial charge on any atom is -0.397 e. The van der Waals surface area contributed by atoms with Gasteiger partial charge in [0.2, 0.25) is 0 Å². The Labute approximate surface area is 96.5 Å². The molecule has 0 aliphatic heterocycles. The second kappa shape index (κ2) is 5.36. The Kier molecular flexibility index (Phi) is 4.12. The lowest BCUT2D eigenvalue weighted by Crippen LogP contribution is -2.19. The van der Waals surface area contributed by atoms with Crippen molar-refractivity contribution in [2.45, 2.75) is 33.2 Å². The third-order valence-corrected chi connectivity index (χ3v) is 2.24. The molecular formula is C12H18N4. The zero-order valence-corrected chi connectivity index (χ0v) is 9.99. The van der Waals surface area contributed by atoms with Crippen molar-refractivity contribution < 1.29 is 0 Å². The van der Waals surface area contributed by atoms with Crippen LogP contribution in [0.3, 0.4) is 0 Å². The molecule has 1 heterocycles. The fourth-order valence-corrected chi connectivity index (χ4v) is 1.68. The molecule has 0 saturated heterocycles. The van der Waals surface area contributed by atoms with Crippen molar-refractivity contribution in [3.63, 3.8) is 0 Å². The molecule has 0 aliphatic carbocycles. The number of nitrogens with one attached hydrogen (secondary N) is 1. The molecule has 0 aromatic carbocycles. The van der Waals surface area contributed by atoms with Gasteiger partial charge < -0.3 is 11.1 Å². The average molecular weight is 218 g/mol. The summed E-state index contributed by atoms with van der Waals surface area (Å²) < 4.78 is 0. The van der Waals surface area contributed by atoms with E-state index in [1.54, 1.807) is 12.3 Å². The minimum absolute atomic E-state index is 0.295. The van der Waals surface area contributed by atoms with Gasteiger partial charge in [-0.25, -0.2) is 4.98 Å². The van der Waals surface area contributed by atoms with Gasteiger partial charge in [0, 0.05) is 6.04 Å². The number of rotatable bonds is 4. The lowest BCUT2D eigenvalue weighted by atomic mass is 10.1. The van der Waals surface area contributed by atoms with Crippen LogP contribution >= 0.6 is 0 Å². The number of hydrogen-bond donors (Lipinski definition) is 2. The zero-order chi connectivity index (χ0) is 12.1. The highest BCUT2D eigenvalue weighted by molar-refractivity contribution is 5.57. The largest absolute Gasteiger partial charge is 0.397 e. The van der Waals surface area contributed by atoms with Crippen LogP contribution in [0.4, 0.5) is 11.5 Å². The Bertz CT molecular complexity index is 392. The summed E-state index contributed by atoms with van der Waals surface area (Å²) in [6.45, 7) is 6.42. The van der Waals surface area contributed by atoms with Gasteiger partial charge in [-0.05, 0) is 25.3 Å². The highest BCUT2D eigenvalue weighted by Crippen LogP contribution is 2.17. The summed E-state index contributed by atoms with van der Waals surface area (Å²) >= 11 is 0. The molecule has 0 saturated carbocycles. The lowest BCUT2D eigenvalue weighted by molar-refractivity contribution is 0.539. The van der Waals surface area contributed by atoms with E-state index in [0.717, 1.165) is 6.42 Å². The van der Waals surface area contributed by atoms with Crippen molar-refractivity contribution in [1.29, 1.82) is 5.26 Å². The maximum atomic E-state index is 8.95. The number of pyridine rings is 1. The van der Waals surface area contributed by atoms with E-state index in [4.69, 9.17) is 11.0 Å². The molecule has 4 heteroatoms. The van der Waals surface area contributed by atoms with Gasteiger partial charge in [0.1, 0.15) is 11.9 Å². The second-order valence-corrected chi connectivity index (χ2v) is 4.45. The standard InChI is InChI=1S/C12H18N4/c1-8(2)4-9(3)16-12-10(6-13)5-11(14)7-15-12/h5,7-9H,4,14H2,1-3H3,(H,15,16). The summed E-state index contributed by atoms with van der Waals surface area (Å²) in [5, 5.41) is 12.2. The molecular weight excluding hydrogens is 200 g/mol. The van der Waals surface area contributed by atoms with Gasteiger partial charge in [-0.2, -0.15) is 5.26 Å². The maximum absolute atomic E-state index is 8.95. The summed E-state index contributed by atoms with van der Waals surface area (Å²) in [7, 11) is 0. The van der Waals surface area contributed by atoms with Crippen LogP contribution in [-0.2, 0) is 0 Å². The number of aromatic nitrogens is 1. The molecule has 3 N–H and O–H groups in total. The number of anilines is 2. The molecule has 4 nitrogen and oxygen atoms in total. The number of nitrogens with two attached hydrogens (primary N) is 1. The molecule has 0 fully saturated rings. The minimum atomic E-state index is 0.295. The first kappa shape index (κ1) is 12.3. The summed E-state index contributed by atoms with van der Waals surface area (Å²) in [6, 6.07) is 4.02. The van der Waals surface area contributed by atoms with Gasteiger partial charge in [0.25, 0.3) is 0 Å². The number of nitriles is 1. The molecule has 1 atom stereocenters.